The van der Waals surface area contributed by atoms with Crippen LogP contribution in [-0.4, -0.2) is 18.4 Å². The van der Waals surface area contributed by atoms with Gasteiger partial charge in [0.25, 0.3) is 0 Å². The number of halogens is 1. The maximum absolute atomic E-state index is 11.9. The third-order valence-corrected chi connectivity index (χ3v) is 12.8. The number of carbonyl (C=O) groups is 1. The number of ketones is 1. The molecule has 0 aromatic heterocycles. The van der Waals surface area contributed by atoms with Crippen LogP contribution in [0.5, 0.6) is 0 Å². The first-order chi connectivity index (χ1) is 11.9. The van der Waals surface area contributed by atoms with E-state index in [0.717, 1.165) is 25.7 Å². The summed E-state index contributed by atoms with van der Waals surface area (Å²) in [4.78, 5) is 11.9. The second-order valence-electron chi connectivity index (χ2n) is 9.19. The fraction of sp³-hybridized carbons (Fsp3) is 0.682. The summed E-state index contributed by atoms with van der Waals surface area (Å²) in [5, 5.41) is 10.5. The number of allylic oxidation sites excluding steroid dienone is 6. The summed E-state index contributed by atoms with van der Waals surface area (Å²) < 4.78 is 0.308. The van der Waals surface area contributed by atoms with Crippen LogP contribution < -0.4 is 21.2 Å². The van der Waals surface area contributed by atoms with Crippen LogP contribution in [0.15, 0.2) is 34.4 Å². The fourth-order valence-electron chi connectivity index (χ4n) is 6.44. The van der Waals surface area contributed by atoms with E-state index in [2.05, 4.69) is 19.9 Å². The van der Waals surface area contributed by atoms with Crippen molar-refractivity contribution in [1.29, 1.82) is 0 Å². The van der Waals surface area contributed by atoms with Crippen molar-refractivity contribution in [3.05, 3.63) is 34.4 Å². The van der Waals surface area contributed by atoms with Crippen LogP contribution in [0.3, 0.4) is 0 Å². The van der Waals surface area contributed by atoms with Crippen molar-refractivity contribution in [2.75, 3.05) is 0 Å². The zero-order valence-corrected chi connectivity index (χ0v) is 17.5. The second-order valence-corrected chi connectivity index (χ2v) is 13.1. The molecule has 0 saturated carbocycles. The van der Waals surface area contributed by atoms with E-state index < -0.39 is 0 Å². The molecule has 5 rings (SSSR count). The van der Waals surface area contributed by atoms with Gasteiger partial charge < -0.3 is 0 Å². The van der Waals surface area contributed by atoms with Gasteiger partial charge in [-0.1, -0.05) is 0 Å². The molecule has 0 amide bonds. The number of hydrogen-bond acceptors (Lipinski definition) is 2. The van der Waals surface area contributed by atoms with Gasteiger partial charge in [-0.15, -0.1) is 0 Å². The summed E-state index contributed by atoms with van der Waals surface area (Å²) in [6.45, 7) is 4.90. The first-order valence-electron chi connectivity index (χ1n) is 9.88. The maximum atomic E-state index is 11.9. The summed E-state index contributed by atoms with van der Waals surface area (Å²) in [5.41, 5.74) is 6.89. The number of alkyl halides is 2. The van der Waals surface area contributed by atoms with Gasteiger partial charge >= 0.3 is 161 Å². The van der Waals surface area contributed by atoms with Crippen molar-refractivity contribution in [2.24, 2.45) is 10.8 Å². The summed E-state index contributed by atoms with van der Waals surface area (Å²) in [7, 11) is 0. The van der Waals surface area contributed by atoms with E-state index >= 15 is 0 Å². The van der Waals surface area contributed by atoms with Gasteiger partial charge in [-0.25, -0.2) is 0 Å². The summed E-state index contributed by atoms with van der Waals surface area (Å²) in [5.74, 6) is 0.331. The van der Waals surface area contributed by atoms with E-state index in [4.69, 9.17) is 0 Å². The van der Waals surface area contributed by atoms with Gasteiger partial charge in [0, 0.05) is 0 Å². The molecule has 1 heterocycles. The number of carbonyl (C=O) groups excluding carboxylic acids is 1. The molecule has 0 aromatic rings. The Morgan fingerprint density at radius 2 is 1.96 bits per heavy atom. The SMILES string of the molecule is CC12CCC(=O)C=C1CCC1=C2CCC23[I-]C(O)CCC2(C)CC=C13. The van der Waals surface area contributed by atoms with Crippen molar-refractivity contribution < 1.29 is 31.1 Å². The zero-order chi connectivity index (χ0) is 17.4. The molecule has 1 aliphatic heterocycles. The Balaban J connectivity index is 1.63. The van der Waals surface area contributed by atoms with E-state index in [1.54, 1.807) is 16.7 Å². The average Bonchev–Trinajstić information content (AvgIpc) is 2.89. The minimum atomic E-state index is -0.217. The third kappa shape index (κ3) is 2.08. The molecule has 4 unspecified atom stereocenters. The second kappa shape index (κ2) is 5.31. The van der Waals surface area contributed by atoms with Gasteiger partial charge in [0.15, 0.2) is 0 Å². The Kier molecular flexibility index (Phi) is 3.55. The number of aliphatic hydroxyl groups is 1. The average molecular weight is 451 g/mol. The summed E-state index contributed by atoms with van der Waals surface area (Å²) in [6.07, 6.45) is 14.3. The topological polar surface area (TPSA) is 37.3 Å². The molecule has 2 nitrogen and oxygen atoms in total. The monoisotopic (exact) mass is 451 g/mol. The van der Waals surface area contributed by atoms with Gasteiger partial charge in [-0.2, -0.15) is 0 Å². The van der Waals surface area contributed by atoms with Crippen LogP contribution in [0.2, 0.25) is 0 Å². The Hall–Kier alpha value is -0.420. The van der Waals surface area contributed by atoms with Gasteiger partial charge in [-0.3, -0.25) is 0 Å². The molecule has 0 bridgehead atoms. The van der Waals surface area contributed by atoms with E-state index in [9.17, 15) is 9.90 Å². The predicted octanol–water partition coefficient (Wildman–Crippen LogP) is 1.44. The molecule has 1 fully saturated rings. The summed E-state index contributed by atoms with van der Waals surface area (Å²) in [6, 6.07) is 0. The molecule has 0 aromatic carbocycles. The van der Waals surface area contributed by atoms with Crippen molar-refractivity contribution in [1.82, 2.24) is 0 Å². The molecular weight excluding hydrogens is 423 g/mol. The van der Waals surface area contributed by atoms with E-state index in [1.165, 1.54) is 31.3 Å². The fourth-order valence-corrected chi connectivity index (χ4v) is 11.0. The van der Waals surface area contributed by atoms with Crippen molar-refractivity contribution in [2.45, 2.75) is 79.2 Å². The molecule has 5 aliphatic rings. The number of aliphatic hydroxyl groups excluding tert-OH is 1. The molecule has 4 aliphatic carbocycles. The summed E-state index contributed by atoms with van der Waals surface area (Å²) >= 11 is -0.217. The van der Waals surface area contributed by atoms with Gasteiger partial charge in [0.05, 0.1) is 0 Å². The Morgan fingerprint density at radius 1 is 1.12 bits per heavy atom. The number of hydrogen-bond donors (Lipinski definition) is 1. The Morgan fingerprint density at radius 3 is 2.80 bits per heavy atom. The zero-order valence-electron chi connectivity index (χ0n) is 15.3. The van der Waals surface area contributed by atoms with Crippen LogP contribution in [-0.2, 0) is 4.79 Å². The number of rotatable bonds is 0. The van der Waals surface area contributed by atoms with E-state index in [-0.39, 0.29) is 30.7 Å². The first kappa shape index (κ1) is 16.7. The van der Waals surface area contributed by atoms with Crippen LogP contribution in [0.1, 0.15) is 71.6 Å². The van der Waals surface area contributed by atoms with Crippen molar-refractivity contribution in [3.63, 3.8) is 0 Å². The molecule has 4 atom stereocenters. The van der Waals surface area contributed by atoms with Crippen LogP contribution in [0.25, 0.3) is 0 Å². The Labute approximate surface area is 161 Å². The normalized spacial score (nSPS) is 46.2. The van der Waals surface area contributed by atoms with Crippen LogP contribution in [0.4, 0.5) is 0 Å². The minimum absolute atomic E-state index is 0.0162. The third-order valence-electron chi connectivity index (χ3n) is 8.02. The van der Waals surface area contributed by atoms with Crippen LogP contribution >= 0.6 is 0 Å². The Bertz CT molecular complexity index is 760. The molecule has 1 N–H and O–H groups in total. The van der Waals surface area contributed by atoms with Gasteiger partial charge in [0.2, 0.25) is 0 Å². The molecule has 0 radical (unpaired) electrons. The molecule has 3 heteroatoms. The van der Waals surface area contributed by atoms with E-state index in [0.29, 0.717) is 21.0 Å². The number of fused-ring (bicyclic) bond motifs is 3. The standard InChI is InChI=1S/C22H28IO2/c1-20-9-6-18-16-4-3-14-13-15(24)5-11-21(14,2)17(16)7-12-22(18,20)23-19(25)8-10-20/h6,13,19,25H,3-5,7-12H2,1-2H3/q-1. The van der Waals surface area contributed by atoms with Crippen LogP contribution in [0, 0.1) is 10.8 Å². The van der Waals surface area contributed by atoms with Crippen molar-refractivity contribution in [3.8, 4) is 0 Å². The van der Waals surface area contributed by atoms with Crippen molar-refractivity contribution >= 4 is 5.78 Å². The predicted molar refractivity (Wildman–Crippen MR) is 94.7 cm³/mol. The molecule has 1 spiro atoms. The molecule has 136 valence electrons. The quantitative estimate of drug-likeness (QED) is 0.447. The molecule has 25 heavy (non-hydrogen) atoms. The molecular formula is C22H28IO2-. The first-order valence-corrected chi connectivity index (χ1v) is 12.2. The van der Waals surface area contributed by atoms with E-state index in [1.807, 2.05) is 6.08 Å². The molecule has 1 saturated heterocycles. The van der Waals surface area contributed by atoms with Gasteiger partial charge in [0.1, 0.15) is 0 Å². The van der Waals surface area contributed by atoms with Gasteiger partial charge in [-0.05, 0) is 0 Å².